The van der Waals surface area contributed by atoms with Gasteiger partial charge in [0.15, 0.2) is 0 Å². The van der Waals surface area contributed by atoms with Crippen molar-refractivity contribution in [3.05, 3.63) is 168 Å². The van der Waals surface area contributed by atoms with E-state index in [9.17, 15) is 0 Å². The molecule has 0 radical (unpaired) electrons. The molecule has 0 aliphatic rings. The van der Waals surface area contributed by atoms with E-state index in [0.29, 0.717) is 0 Å². The van der Waals surface area contributed by atoms with Gasteiger partial charge in [0.2, 0.25) is 0 Å². The molecule has 0 spiro atoms. The average molecular weight is 685 g/mol. The minimum atomic E-state index is 0.751. The lowest BCUT2D eigenvalue weighted by molar-refractivity contribution is 0.484. The first-order chi connectivity index (χ1) is 25.9. The number of nitrogens with zero attached hydrogens (tertiary/aromatic N) is 4. The van der Waals surface area contributed by atoms with E-state index in [1.165, 1.54) is 49.7 Å². The molecule has 254 valence electrons. The Morgan fingerprint density at radius 1 is 0.472 bits per heavy atom. The second-order valence-corrected chi connectivity index (χ2v) is 14.1. The van der Waals surface area contributed by atoms with Gasteiger partial charge < -0.3 is 4.74 Å². The highest BCUT2D eigenvalue weighted by atomic mass is 16.5. The van der Waals surface area contributed by atoms with E-state index >= 15 is 0 Å². The summed E-state index contributed by atoms with van der Waals surface area (Å²) in [6, 6.07) is 47.1. The predicted molar refractivity (Wildman–Crippen MR) is 219 cm³/mol. The maximum atomic E-state index is 6.73. The van der Waals surface area contributed by atoms with Gasteiger partial charge in [-0.2, -0.15) is 0 Å². The molecule has 4 heterocycles. The van der Waals surface area contributed by atoms with E-state index in [2.05, 4.69) is 152 Å². The summed E-state index contributed by atoms with van der Waals surface area (Å²) >= 11 is 0. The van der Waals surface area contributed by atoms with Crippen LogP contribution in [0.5, 0.6) is 11.5 Å². The first-order valence-electron chi connectivity index (χ1n) is 18.1. The number of hydrogen-bond acceptors (Lipinski definition) is 3. The Bertz CT molecular complexity index is 3040. The van der Waals surface area contributed by atoms with E-state index in [1.807, 2.05) is 30.6 Å². The van der Waals surface area contributed by atoms with Crippen LogP contribution in [0.25, 0.3) is 77.3 Å². The van der Waals surface area contributed by atoms with Crippen LogP contribution in [0.4, 0.5) is 0 Å². The van der Waals surface area contributed by atoms with Crippen molar-refractivity contribution in [3.63, 3.8) is 0 Å². The molecule has 53 heavy (non-hydrogen) atoms. The zero-order valence-corrected chi connectivity index (χ0v) is 30.1. The van der Waals surface area contributed by atoms with Gasteiger partial charge in [0.05, 0.1) is 28.4 Å². The van der Waals surface area contributed by atoms with Crippen LogP contribution in [0.15, 0.2) is 146 Å². The molecule has 0 bridgehead atoms. The Labute approximate surface area is 307 Å². The zero-order valence-electron chi connectivity index (χ0n) is 30.1. The summed E-state index contributed by atoms with van der Waals surface area (Å²) in [5.74, 6) is 2.38. The number of pyridine rings is 2. The van der Waals surface area contributed by atoms with Gasteiger partial charge >= 0.3 is 0 Å². The molecule has 0 atom stereocenters. The third-order valence-corrected chi connectivity index (χ3v) is 10.8. The maximum Gasteiger partial charge on any atom is 0.145 e. The molecular formula is C48H36N4O. The van der Waals surface area contributed by atoms with E-state index < -0.39 is 0 Å². The van der Waals surface area contributed by atoms with Crippen LogP contribution in [0.3, 0.4) is 0 Å². The fraction of sp³-hybridized carbons (Fsp3) is 0.0833. The van der Waals surface area contributed by atoms with Gasteiger partial charge in [-0.15, -0.1) is 0 Å². The largest absolute Gasteiger partial charge is 0.457 e. The Morgan fingerprint density at radius 3 is 1.91 bits per heavy atom. The highest BCUT2D eigenvalue weighted by Crippen LogP contribution is 2.40. The van der Waals surface area contributed by atoms with Gasteiger partial charge in [0.1, 0.15) is 23.0 Å². The molecule has 10 aromatic rings. The van der Waals surface area contributed by atoms with Gasteiger partial charge in [-0.25, -0.2) is 9.97 Å². The molecule has 0 saturated heterocycles. The average Bonchev–Trinajstić information content (AvgIpc) is 3.75. The lowest BCUT2D eigenvalue weighted by Gasteiger charge is -2.16. The Hall–Kier alpha value is -6.72. The van der Waals surface area contributed by atoms with E-state index in [-0.39, 0.29) is 0 Å². The van der Waals surface area contributed by atoms with Crippen molar-refractivity contribution < 1.29 is 4.74 Å². The van der Waals surface area contributed by atoms with Crippen LogP contribution in [0.1, 0.15) is 22.3 Å². The van der Waals surface area contributed by atoms with Crippen molar-refractivity contribution in [2.24, 2.45) is 0 Å². The number of rotatable bonds is 5. The normalized spacial score (nSPS) is 11.8. The molecule has 0 amide bonds. The molecule has 0 N–H and O–H groups in total. The zero-order chi connectivity index (χ0) is 35.8. The van der Waals surface area contributed by atoms with Crippen LogP contribution in [-0.4, -0.2) is 18.9 Å². The minimum Gasteiger partial charge on any atom is -0.457 e. The fourth-order valence-corrected chi connectivity index (χ4v) is 8.44. The Kier molecular flexibility index (Phi) is 6.99. The first kappa shape index (κ1) is 31.1. The number of hydrogen-bond donors (Lipinski definition) is 0. The number of imidazole rings is 1. The summed E-state index contributed by atoms with van der Waals surface area (Å²) in [6.45, 7) is 8.75. The summed E-state index contributed by atoms with van der Waals surface area (Å²) in [6.07, 6.45) is 3.86. The highest BCUT2D eigenvalue weighted by molar-refractivity contribution is 6.14. The first-order valence-corrected chi connectivity index (χ1v) is 18.1. The summed E-state index contributed by atoms with van der Waals surface area (Å²) in [7, 11) is 0. The third kappa shape index (κ3) is 4.85. The summed E-state index contributed by atoms with van der Waals surface area (Å²) in [5, 5.41) is 5.68. The molecule has 0 unspecified atom stereocenters. The Morgan fingerprint density at radius 2 is 1.15 bits per heavy atom. The van der Waals surface area contributed by atoms with E-state index in [0.717, 1.165) is 61.4 Å². The van der Waals surface area contributed by atoms with Crippen molar-refractivity contribution in [3.8, 4) is 39.7 Å². The number of para-hydroxylation sites is 1. The molecule has 5 heteroatoms. The van der Waals surface area contributed by atoms with Crippen molar-refractivity contribution in [1.29, 1.82) is 0 Å². The quantitative estimate of drug-likeness (QED) is 0.170. The summed E-state index contributed by atoms with van der Waals surface area (Å²) in [5.41, 5.74) is 13.9. The minimum absolute atomic E-state index is 0.751. The predicted octanol–water partition coefficient (Wildman–Crippen LogP) is 12.5. The molecular weight excluding hydrogens is 649 g/mol. The molecule has 0 fully saturated rings. The van der Waals surface area contributed by atoms with Crippen LogP contribution < -0.4 is 4.74 Å². The smallest absolute Gasteiger partial charge is 0.145 e. The van der Waals surface area contributed by atoms with Crippen molar-refractivity contribution >= 4 is 49.1 Å². The number of ether oxygens (including phenoxy) is 1. The monoisotopic (exact) mass is 684 g/mol. The molecule has 0 aliphatic heterocycles. The standard InChI is InChI=1S/C48H36N4O/c1-29-11-9-12-30(2)46(29)33-18-23-42-39(25-33)36-21-19-34(26-40(36)48-50-28-44(52(42)48)47-31(3)13-10-14-32(47)4)53-35-20-22-38-37-15-5-6-16-41(37)51(43(38)27-35)45-17-7-8-24-49-45/h5-28H,1-4H3. The van der Waals surface area contributed by atoms with E-state index in [1.54, 1.807) is 0 Å². The lowest BCUT2D eigenvalue weighted by atomic mass is 9.93. The number of aromatic nitrogens is 4. The van der Waals surface area contributed by atoms with Gasteiger partial charge in [-0.3, -0.25) is 8.97 Å². The Balaban J connectivity index is 1.19. The molecule has 10 rings (SSSR count). The van der Waals surface area contributed by atoms with Gasteiger partial charge in [0, 0.05) is 39.4 Å². The lowest BCUT2D eigenvalue weighted by Crippen LogP contribution is -1.98. The topological polar surface area (TPSA) is 44.3 Å². The number of aryl methyl sites for hydroxylation is 4. The van der Waals surface area contributed by atoms with Crippen molar-refractivity contribution in [2.45, 2.75) is 27.7 Å². The van der Waals surface area contributed by atoms with Crippen LogP contribution in [0, 0.1) is 27.7 Å². The van der Waals surface area contributed by atoms with E-state index in [4.69, 9.17) is 14.7 Å². The third-order valence-electron chi connectivity index (χ3n) is 10.8. The fourth-order valence-electron chi connectivity index (χ4n) is 8.44. The molecule has 0 saturated carbocycles. The number of benzene rings is 6. The van der Waals surface area contributed by atoms with Crippen molar-refractivity contribution in [1.82, 2.24) is 18.9 Å². The molecule has 0 aliphatic carbocycles. The van der Waals surface area contributed by atoms with Crippen LogP contribution in [-0.2, 0) is 0 Å². The maximum absolute atomic E-state index is 6.73. The van der Waals surface area contributed by atoms with Crippen LogP contribution in [0.2, 0.25) is 0 Å². The summed E-state index contributed by atoms with van der Waals surface area (Å²) in [4.78, 5) is 9.83. The van der Waals surface area contributed by atoms with Gasteiger partial charge in [-0.1, -0.05) is 66.7 Å². The SMILES string of the molecule is Cc1cccc(C)c1-c1ccc2c(c1)c1ccc(Oc3ccc4c5ccccc5n(-c5ccccn5)c4c3)cc1c1ncc(-c3c(C)cccc3C)n21. The van der Waals surface area contributed by atoms with Crippen LogP contribution >= 0.6 is 0 Å². The van der Waals surface area contributed by atoms with Gasteiger partial charge in [-0.05, 0) is 127 Å². The molecule has 5 nitrogen and oxygen atoms in total. The van der Waals surface area contributed by atoms with Crippen molar-refractivity contribution in [2.75, 3.05) is 0 Å². The van der Waals surface area contributed by atoms with Gasteiger partial charge in [0.25, 0.3) is 0 Å². The molecule has 4 aromatic heterocycles. The second kappa shape index (κ2) is 11.9. The summed E-state index contributed by atoms with van der Waals surface area (Å²) < 4.78 is 11.3. The highest BCUT2D eigenvalue weighted by Gasteiger charge is 2.19. The number of fused-ring (bicyclic) bond motifs is 9. The molecule has 6 aromatic carbocycles. The second-order valence-electron chi connectivity index (χ2n) is 14.1.